The van der Waals surface area contributed by atoms with Crippen molar-refractivity contribution in [2.24, 2.45) is 0 Å². The molecular weight excluding hydrogens is 354 g/mol. The van der Waals surface area contributed by atoms with E-state index in [1.807, 2.05) is 12.1 Å². The van der Waals surface area contributed by atoms with Gasteiger partial charge in [-0.25, -0.2) is 0 Å². The van der Waals surface area contributed by atoms with Crippen LogP contribution in [0.4, 0.5) is 5.69 Å². The molecule has 1 unspecified atom stereocenters. The fourth-order valence-corrected chi connectivity index (χ4v) is 3.01. The number of methoxy groups -OCH3 is 1. The van der Waals surface area contributed by atoms with E-state index in [2.05, 4.69) is 20.8 Å². The van der Waals surface area contributed by atoms with Crippen LogP contribution in [0.15, 0.2) is 53.7 Å². The second kappa shape index (κ2) is 7.87. The van der Waals surface area contributed by atoms with Gasteiger partial charge < -0.3 is 15.2 Å². The Morgan fingerprint density at radius 2 is 1.96 bits per heavy atom. The number of amides is 1. The maximum Gasteiger partial charge on any atom is 0.237 e. The van der Waals surface area contributed by atoms with E-state index in [-0.39, 0.29) is 11.7 Å². The predicted octanol–water partition coefficient (Wildman–Crippen LogP) is 2.50. The van der Waals surface area contributed by atoms with E-state index in [9.17, 15) is 9.90 Å². The van der Waals surface area contributed by atoms with Crippen LogP contribution in [0.5, 0.6) is 11.5 Å². The van der Waals surface area contributed by atoms with Crippen molar-refractivity contribution >= 4 is 23.4 Å². The van der Waals surface area contributed by atoms with Crippen LogP contribution in [0, 0.1) is 0 Å². The summed E-state index contributed by atoms with van der Waals surface area (Å²) in [6.45, 7) is 1.77. The molecule has 0 aliphatic heterocycles. The van der Waals surface area contributed by atoms with Gasteiger partial charge in [-0.15, -0.1) is 5.10 Å². The highest BCUT2D eigenvalue weighted by Crippen LogP contribution is 2.27. The highest BCUT2D eigenvalue weighted by Gasteiger charge is 2.20. The topological polar surface area (TPSA) is 102 Å². The van der Waals surface area contributed by atoms with Gasteiger partial charge in [0.15, 0.2) is 0 Å². The number of carbonyl (C=O) groups excluding carboxylic acids is 1. The maximum atomic E-state index is 12.5. The molecule has 1 aromatic heterocycles. The molecule has 9 heteroatoms. The van der Waals surface area contributed by atoms with Crippen molar-refractivity contribution in [3.8, 4) is 17.2 Å². The average molecular weight is 371 g/mol. The molecule has 0 spiro atoms. The Labute approximate surface area is 154 Å². The van der Waals surface area contributed by atoms with E-state index < -0.39 is 5.25 Å². The number of benzene rings is 2. The van der Waals surface area contributed by atoms with E-state index in [1.165, 1.54) is 16.4 Å². The number of aromatic nitrogens is 4. The number of carbonyl (C=O) groups is 1. The average Bonchev–Trinajstić information content (AvgIpc) is 3.10. The third kappa shape index (κ3) is 3.94. The lowest BCUT2D eigenvalue weighted by atomic mass is 10.3. The van der Waals surface area contributed by atoms with Crippen molar-refractivity contribution in [2.45, 2.75) is 17.3 Å². The zero-order valence-corrected chi connectivity index (χ0v) is 15.0. The number of phenolic OH excluding ortho intramolecular Hbond substituents is 1. The summed E-state index contributed by atoms with van der Waals surface area (Å²) in [5.41, 5.74) is 1.29. The Bertz CT molecular complexity index is 897. The molecule has 1 amide bonds. The van der Waals surface area contributed by atoms with Crippen LogP contribution in [0.3, 0.4) is 0 Å². The number of anilines is 1. The minimum Gasteiger partial charge on any atom is -0.508 e. The summed E-state index contributed by atoms with van der Waals surface area (Å²) in [6, 6.07) is 13.7. The number of tetrazole rings is 1. The van der Waals surface area contributed by atoms with Gasteiger partial charge in [0.25, 0.3) is 0 Å². The van der Waals surface area contributed by atoms with Crippen LogP contribution in [0.25, 0.3) is 5.69 Å². The van der Waals surface area contributed by atoms with Crippen LogP contribution in [0.1, 0.15) is 6.92 Å². The van der Waals surface area contributed by atoms with Gasteiger partial charge >= 0.3 is 0 Å². The number of ether oxygens (including phenoxy) is 1. The van der Waals surface area contributed by atoms with Crippen LogP contribution >= 0.6 is 11.8 Å². The summed E-state index contributed by atoms with van der Waals surface area (Å²) in [6.07, 6.45) is 0. The summed E-state index contributed by atoms with van der Waals surface area (Å²) in [7, 11) is 1.55. The number of aromatic hydroxyl groups is 1. The van der Waals surface area contributed by atoms with E-state index >= 15 is 0 Å². The number of phenols is 1. The molecule has 0 fully saturated rings. The molecule has 0 aliphatic carbocycles. The van der Waals surface area contributed by atoms with Crippen molar-refractivity contribution < 1.29 is 14.6 Å². The molecule has 0 radical (unpaired) electrons. The minimum atomic E-state index is -0.443. The van der Waals surface area contributed by atoms with E-state index in [1.54, 1.807) is 50.4 Å². The van der Waals surface area contributed by atoms with E-state index in [4.69, 9.17) is 4.74 Å². The summed E-state index contributed by atoms with van der Waals surface area (Å²) in [5, 5.41) is 23.9. The van der Waals surface area contributed by atoms with Gasteiger partial charge in [0.05, 0.1) is 23.7 Å². The molecule has 2 N–H and O–H groups in total. The number of rotatable bonds is 6. The standard InChI is InChI=1S/C17H17N5O3S/c1-11(16(24)18-14-5-3-4-6-15(14)25-2)26-17-19-20-21-22(17)12-7-9-13(23)10-8-12/h3-11,23H,1-2H3,(H,18,24). The maximum absolute atomic E-state index is 12.5. The van der Waals surface area contributed by atoms with Gasteiger partial charge in [-0.2, -0.15) is 4.68 Å². The van der Waals surface area contributed by atoms with Gasteiger partial charge in [0.2, 0.25) is 11.1 Å². The Morgan fingerprint density at radius 1 is 1.23 bits per heavy atom. The van der Waals surface area contributed by atoms with Crippen LogP contribution in [-0.2, 0) is 4.79 Å². The van der Waals surface area contributed by atoms with Gasteiger partial charge in [-0.05, 0) is 53.7 Å². The van der Waals surface area contributed by atoms with Crippen LogP contribution in [-0.4, -0.2) is 43.6 Å². The molecule has 0 saturated heterocycles. The second-order valence-corrected chi connectivity index (χ2v) is 6.65. The number of nitrogens with one attached hydrogen (secondary N) is 1. The second-order valence-electron chi connectivity index (χ2n) is 5.34. The molecule has 8 nitrogen and oxygen atoms in total. The first-order valence-electron chi connectivity index (χ1n) is 7.77. The van der Waals surface area contributed by atoms with Crippen molar-refractivity contribution in [1.82, 2.24) is 20.2 Å². The van der Waals surface area contributed by atoms with Crippen molar-refractivity contribution in [2.75, 3.05) is 12.4 Å². The Balaban J connectivity index is 1.72. The molecule has 0 bridgehead atoms. The third-order valence-corrected chi connectivity index (χ3v) is 4.58. The number of para-hydroxylation sites is 2. The number of hydrogen-bond acceptors (Lipinski definition) is 7. The molecule has 2 aromatic carbocycles. The first-order valence-corrected chi connectivity index (χ1v) is 8.65. The van der Waals surface area contributed by atoms with Gasteiger partial charge in [0.1, 0.15) is 11.5 Å². The quantitative estimate of drug-likeness (QED) is 0.642. The Morgan fingerprint density at radius 3 is 2.69 bits per heavy atom. The SMILES string of the molecule is COc1ccccc1NC(=O)C(C)Sc1nnnn1-c1ccc(O)cc1. The lowest BCUT2D eigenvalue weighted by molar-refractivity contribution is -0.115. The first-order chi connectivity index (χ1) is 12.6. The summed E-state index contributed by atoms with van der Waals surface area (Å²) < 4.78 is 6.75. The highest BCUT2D eigenvalue weighted by molar-refractivity contribution is 8.00. The van der Waals surface area contributed by atoms with Gasteiger partial charge in [0, 0.05) is 0 Å². The zero-order valence-electron chi connectivity index (χ0n) is 14.2. The smallest absolute Gasteiger partial charge is 0.237 e. The van der Waals surface area contributed by atoms with Crippen molar-refractivity contribution in [1.29, 1.82) is 0 Å². The number of hydrogen-bond donors (Lipinski definition) is 2. The molecule has 26 heavy (non-hydrogen) atoms. The first kappa shape index (κ1) is 17.7. The number of thioether (sulfide) groups is 1. The monoisotopic (exact) mass is 371 g/mol. The summed E-state index contributed by atoms with van der Waals surface area (Å²) in [5.74, 6) is 0.548. The third-order valence-electron chi connectivity index (χ3n) is 3.55. The fourth-order valence-electron chi connectivity index (χ4n) is 2.20. The summed E-state index contributed by atoms with van der Waals surface area (Å²) in [4.78, 5) is 12.5. The molecule has 0 aliphatic rings. The van der Waals surface area contributed by atoms with Crippen LogP contribution in [0.2, 0.25) is 0 Å². The van der Waals surface area contributed by atoms with Crippen molar-refractivity contribution in [3.05, 3.63) is 48.5 Å². The Kier molecular flexibility index (Phi) is 5.37. The minimum absolute atomic E-state index is 0.153. The van der Waals surface area contributed by atoms with Gasteiger partial charge in [-0.1, -0.05) is 23.9 Å². The molecular formula is C17H17N5O3S. The lowest BCUT2D eigenvalue weighted by Crippen LogP contribution is -2.23. The molecule has 134 valence electrons. The molecule has 1 heterocycles. The fraction of sp³-hybridized carbons (Fsp3) is 0.176. The molecule has 1 atom stereocenters. The highest BCUT2D eigenvalue weighted by atomic mass is 32.2. The normalized spacial score (nSPS) is 11.8. The van der Waals surface area contributed by atoms with E-state index in [0.29, 0.717) is 22.3 Å². The molecule has 3 aromatic rings. The number of nitrogens with zero attached hydrogens (tertiary/aromatic N) is 4. The Hall–Kier alpha value is -3.07. The lowest BCUT2D eigenvalue weighted by Gasteiger charge is -2.13. The summed E-state index contributed by atoms with van der Waals surface area (Å²) >= 11 is 1.23. The van der Waals surface area contributed by atoms with Crippen molar-refractivity contribution in [3.63, 3.8) is 0 Å². The van der Waals surface area contributed by atoms with E-state index in [0.717, 1.165) is 0 Å². The molecule has 0 saturated carbocycles. The molecule has 3 rings (SSSR count). The largest absolute Gasteiger partial charge is 0.508 e. The van der Waals surface area contributed by atoms with Gasteiger partial charge in [-0.3, -0.25) is 4.79 Å². The predicted molar refractivity (Wildman–Crippen MR) is 97.8 cm³/mol. The van der Waals surface area contributed by atoms with Crippen LogP contribution < -0.4 is 10.1 Å². The zero-order chi connectivity index (χ0) is 18.5.